The van der Waals surface area contributed by atoms with Crippen molar-refractivity contribution < 1.29 is 23.1 Å². The average Bonchev–Trinajstić information content (AvgIpc) is 2.51. The van der Waals surface area contributed by atoms with Gasteiger partial charge in [-0.25, -0.2) is 8.42 Å². The Morgan fingerprint density at radius 1 is 1.12 bits per heavy atom. The summed E-state index contributed by atoms with van der Waals surface area (Å²) in [5.74, 6) is -1.09. The molecular weight excluding hydrogens is 328 g/mol. The normalized spacial score (nSPS) is 21.2. The van der Waals surface area contributed by atoms with Crippen LogP contribution in [0.5, 0.6) is 0 Å². The van der Waals surface area contributed by atoms with Gasteiger partial charge in [0.1, 0.15) is 0 Å². The summed E-state index contributed by atoms with van der Waals surface area (Å²) in [4.78, 5) is 12.0. The van der Waals surface area contributed by atoms with Crippen molar-refractivity contribution in [3.8, 4) is 0 Å². The first-order chi connectivity index (χ1) is 11.5. The number of sulfone groups is 1. The van der Waals surface area contributed by atoms with Crippen LogP contribution in [0.15, 0.2) is 29.2 Å². The molecular formula is C18H24O5S. The van der Waals surface area contributed by atoms with E-state index >= 15 is 0 Å². The number of carbonyl (C=O) groups is 1. The molecule has 6 heteroatoms. The summed E-state index contributed by atoms with van der Waals surface area (Å²) in [6.45, 7) is 1.38. The highest BCUT2D eigenvalue weighted by Gasteiger charge is 2.33. The smallest absolute Gasteiger partial charge is 0.310 e. The third-order valence-electron chi connectivity index (χ3n) is 5.31. The van der Waals surface area contributed by atoms with E-state index in [0.29, 0.717) is 36.0 Å². The molecule has 24 heavy (non-hydrogen) atoms. The highest BCUT2D eigenvalue weighted by Crippen LogP contribution is 2.33. The third kappa shape index (κ3) is 3.64. The van der Waals surface area contributed by atoms with E-state index in [1.165, 1.54) is 0 Å². The van der Waals surface area contributed by atoms with Gasteiger partial charge in [-0.1, -0.05) is 18.6 Å². The van der Waals surface area contributed by atoms with E-state index in [1.807, 2.05) is 0 Å². The summed E-state index contributed by atoms with van der Waals surface area (Å²) in [5.41, 5.74) is 0.682. The van der Waals surface area contributed by atoms with Gasteiger partial charge in [0.25, 0.3) is 0 Å². The van der Waals surface area contributed by atoms with E-state index in [4.69, 9.17) is 4.74 Å². The average molecular weight is 352 g/mol. The summed E-state index contributed by atoms with van der Waals surface area (Å²) >= 11 is 0. The number of rotatable bonds is 6. The molecule has 1 aliphatic heterocycles. The first-order valence-corrected chi connectivity index (χ1v) is 10.2. The molecule has 5 nitrogen and oxygen atoms in total. The van der Waals surface area contributed by atoms with Crippen LogP contribution in [0.25, 0.3) is 0 Å². The van der Waals surface area contributed by atoms with Crippen LogP contribution in [0.2, 0.25) is 0 Å². The summed E-state index contributed by atoms with van der Waals surface area (Å²) in [7, 11) is -3.26. The van der Waals surface area contributed by atoms with Gasteiger partial charge in [0.2, 0.25) is 0 Å². The zero-order valence-corrected chi connectivity index (χ0v) is 14.5. The zero-order chi connectivity index (χ0) is 17.2. The Labute approximate surface area is 142 Å². The predicted molar refractivity (Wildman–Crippen MR) is 89.8 cm³/mol. The minimum Gasteiger partial charge on any atom is -0.481 e. The van der Waals surface area contributed by atoms with E-state index < -0.39 is 21.7 Å². The molecule has 0 radical (unpaired) electrons. The lowest BCUT2D eigenvalue weighted by Crippen LogP contribution is -2.28. The molecule has 1 saturated carbocycles. The molecule has 0 spiro atoms. The maximum atomic E-state index is 12.4. The van der Waals surface area contributed by atoms with Crippen LogP contribution in [-0.2, 0) is 19.4 Å². The lowest BCUT2D eigenvalue weighted by molar-refractivity contribution is -0.139. The minimum absolute atomic E-state index is 0.263. The number of carboxylic acid groups (broad SMARTS) is 1. The molecule has 1 saturated heterocycles. The number of ether oxygens (including phenoxy) is 1. The van der Waals surface area contributed by atoms with Crippen LogP contribution in [0.1, 0.15) is 50.0 Å². The second-order valence-corrected chi connectivity index (χ2v) is 9.08. The Balaban J connectivity index is 1.75. The Bertz CT molecular complexity index is 670. The van der Waals surface area contributed by atoms with Crippen LogP contribution < -0.4 is 0 Å². The third-order valence-corrected chi connectivity index (χ3v) is 7.59. The summed E-state index contributed by atoms with van der Waals surface area (Å²) in [6, 6.07) is 6.49. The quantitative estimate of drug-likeness (QED) is 0.851. The number of carboxylic acids is 1. The van der Waals surface area contributed by atoms with Crippen LogP contribution in [0, 0.1) is 5.92 Å². The van der Waals surface area contributed by atoms with E-state index in [-0.39, 0.29) is 5.25 Å². The zero-order valence-electron chi connectivity index (χ0n) is 13.7. The fourth-order valence-corrected chi connectivity index (χ4v) is 5.31. The van der Waals surface area contributed by atoms with Gasteiger partial charge in [-0.05, 0) is 55.7 Å². The topological polar surface area (TPSA) is 80.7 Å². The monoisotopic (exact) mass is 352 g/mol. The van der Waals surface area contributed by atoms with Crippen molar-refractivity contribution >= 4 is 15.8 Å². The van der Waals surface area contributed by atoms with Crippen LogP contribution >= 0.6 is 0 Å². The second-order valence-electron chi connectivity index (χ2n) is 6.85. The molecule has 3 rings (SSSR count). The van der Waals surface area contributed by atoms with Crippen molar-refractivity contribution in [3.05, 3.63) is 29.8 Å². The maximum Gasteiger partial charge on any atom is 0.310 e. The first kappa shape index (κ1) is 17.4. The first-order valence-electron chi connectivity index (χ1n) is 8.63. The van der Waals surface area contributed by atoms with Gasteiger partial charge in [0.05, 0.1) is 16.1 Å². The fraction of sp³-hybridized carbons (Fsp3) is 0.611. The Morgan fingerprint density at radius 2 is 1.75 bits per heavy atom. The molecule has 1 heterocycles. The van der Waals surface area contributed by atoms with Gasteiger partial charge in [-0.2, -0.15) is 0 Å². The molecule has 0 aromatic heterocycles. The van der Waals surface area contributed by atoms with Gasteiger partial charge in [0.15, 0.2) is 9.84 Å². The van der Waals surface area contributed by atoms with Crippen molar-refractivity contribution in [2.24, 2.45) is 5.92 Å². The molecule has 1 aliphatic carbocycles. The van der Waals surface area contributed by atoms with Crippen molar-refractivity contribution in [2.75, 3.05) is 13.2 Å². The fourth-order valence-electron chi connectivity index (χ4n) is 3.46. The second kappa shape index (κ2) is 7.23. The molecule has 2 fully saturated rings. The van der Waals surface area contributed by atoms with E-state index in [1.54, 1.807) is 24.3 Å². The number of hydrogen-bond acceptors (Lipinski definition) is 4. The van der Waals surface area contributed by atoms with Crippen molar-refractivity contribution in [1.29, 1.82) is 0 Å². The largest absolute Gasteiger partial charge is 0.481 e. The highest BCUT2D eigenvalue weighted by atomic mass is 32.2. The highest BCUT2D eigenvalue weighted by molar-refractivity contribution is 7.92. The molecule has 0 bridgehead atoms. The molecule has 1 atom stereocenters. The van der Waals surface area contributed by atoms with Gasteiger partial charge >= 0.3 is 5.97 Å². The molecule has 1 aromatic carbocycles. The summed E-state index contributed by atoms with van der Waals surface area (Å²) < 4.78 is 30.2. The Kier molecular flexibility index (Phi) is 5.25. The van der Waals surface area contributed by atoms with E-state index in [9.17, 15) is 18.3 Å². The lowest BCUT2D eigenvalue weighted by atomic mass is 9.85. The number of benzene rings is 1. The minimum atomic E-state index is -3.26. The maximum absolute atomic E-state index is 12.4. The molecule has 1 N–H and O–H groups in total. The Hall–Kier alpha value is -1.40. The molecule has 2 aliphatic rings. The van der Waals surface area contributed by atoms with Gasteiger partial charge in [-0.3, -0.25) is 4.79 Å². The van der Waals surface area contributed by atoms with Crippen molar-refractivity contribution in [1.82, 2.24) is 0 Å². The van der Waals surface area contributed by atoms with Crippen molar-refractivity contribution in [3.63, 3.8) is 0 Å². The molecule has 0 amide bonds. The van der Waals surface area contributed by atoms with Crippen molar-refractivity contribution in [2.45, 2.75) is 54.6 Å². The van der Waals surface area contributed by atoms with E-state index in [2.05, 4.69) is 0 Å². The van der Waals surface area contributed by atoms with Crippen LogP contribution in [0.3, 0.4) is 0 Å². The Morgan fingerprint density at radius 3 is 2.25 bits per heavy atom. The predicted octanol–water partition coefficient (Wildman–Crippen LogP) is 3.00. The molecule has 1 aromatic rings. The van der Waals surface area contributed by atoms with Gasteiger partial charge in [0, 0.05) is 13.2 Å². The standard InChI is InChI=1S/C18H24O5S/c19-18(20)17(12-13-8-10-23-11-9-13)14-4-6-16(7-5-14)24(21,22)15-2-1-3-15/h4-7,13,15,17H,1-3,8-12H2,(H,19,20)/t17-/m1/s1. The SMILES string of the molecule is O=C(O)[C@H](CC1CCOCC1)c1ccc(S(=O)(=O)C2CCC2)cc1. The molecule has 132 valence electrons. The van der Waals surface area contributed by atoms with Gasteiger partial charge < -0.3 is 9.84 Å². The summed E-state index contributed by atoms with van der Waals surface area (Å²) in [6.07, 6.45) is 4.77. The number of hydrogen-bond donors (Lipinski definition) is 1. The number of aliphatic carboxylic acids is 1. The molecule has 0 unspecified atom stereocenters. The summed E-state index contributed by atoms with van der Waals surface area (Å²) in [5, 5.41) is 9.31. The lowest BCUT2D eigenvalue weighted by Gasteiger charge is -2.26. The van der Waals surface area contributed by atoms with E-state index in [0.717, 1.165) is 32.1 Å². The van der Waals surface area contributed by atoms with Gasteiger partial charge in [-0.15, -0.1) is 0 Å². The van der Waals surface area contributed by atoms with Crippen LogP contribution in [0.4, 0.5) is 0 Å². The van der Waals surface area contributed by atoms with Crippen LogP contribution in [-0.4, -0.2) is 38.0 Å².